The van der Waals surface area contributed by atoms with E-state index in [2.05, 4.69) is 35.0 Å². The SMILES string of the molecule is Cc1sc(C2CCN(C(=O)CSc3ccc(F)cc3Cl)CC2)nc1-c1ccc(Br)cc1. The Kier molecular flexibility index (Phi) is 7.37. The summed E-state index contributed by atoms with van der Waals surface area (Å²) in [7, 11) is 0. The number of nitrogens with zero attached hydrogens (tertiary/aromatic N) is 2. The number of likely N-dealkylation sites (tertiary alicyclic amines) is 1. The lowest BCUT2D eigenvalue weighted by Crippen LogP contribution is -2.38. The van der Waals surface area contributed by atoms with Crippen molar-refractivity contribution in [1.82, 2.24) is 9.88 Å². The number of halogens is 3. The number of benzene rings is 2. The second-order valence-corrected chi connectivity index (χ2v) is 11.1. The molecular formula is C23H21BrClFN2OS2. The lowest BCUT2D eigenvalue weighted by Gasteiger charge is -2.31. The molecule has 31 heavy (non-hydrogen) atoms. The minimum atomic E-state index is -0.372. The first kappa shape index (κ1) is 22.8. The van der Waals surface area contributed by atoms with E-state index in [1.54, 1.807) is 17.4 Å². The number of piperidine rings is 1. The largest absolute Gasteiger partial charge is 0.342 e. The second-order valence-electron chi connectivity index (χ2n) is 7.48. The summed E-state index contributed by atoms with van der Waals surface area (Å²) in [5.74, 6) is 0.412. The highest BCUT2D eigenvalue weighted by Gasteiger charge is 2.26. The zero-order valence-electron chi connectivity index (χ0n) is 16.9. The highest BCUT2D eigenvalue weighted by atomic mass is 79.9. The molecule has 0 N–H and O–H groups in total. The summed E-state index contributed by atoms with van der Waals surface area (Å²) in [6.45, 7) is 3.58. The van der Waals surface area contributed by atoms with Gasteiger partial charge in [-0.3, -0.25) is 4.79 Å². The zero-order chi connectivity index (χ0) is 22.0. The molecule has 2 aromatic carbocycles. The molecule has 1 aromatic heterocycles. The van der Waals surface area contributed by atoms with Crippen LogP contribution < -0.4 is 0 Å². The Labute approximate surface area is 203 Å². The molecule has 0 saturated carbocycles. The number of carbonyl (C=O) groups is 1. The van der Waals surface area contributed by atoms with Gasteiger partial charge in [0.15, 0.2) is 0 Å². The lowest BCUT2D eigenvalue weighted by molar-refractivity contribution is -0.129. The number of amides is 1. The number of rotatable bonds is 5. The summed E-state index contributed by atoms with van der Waals surface area (Å²) in [6, 6.07) is 12.5. The molecule has 1 aliphatic rings. The molecule has 3 aromatic rings. The van der Waals surface area contributed by atoms with Crippen LogP contribution in [-0.2, 0) is 4.79 Å². The molecule has 1 aliphatic heterocycles. The highest BCUT2D eigenvalue weighted by molar-refractivity contribution is 9.10. The minimum absolute atomic E-state index is 0.0923. The Morgan fingerprint density at radius 1 is 1.26 bits per heavy atom. The number of aryl methyl sites for hydroxylation is 1. The summed E-state index contributed by atoms with van der Waals surface area (Å²) in [5, 5.41) is 1.51. The smallest absolute Gasteiger partial charge is 0.232 e. The topological polar surface area (TPSA) is 33.2 Å². The second kappa shape index (κ2) is 10.0. The van der Waals surface area contributed by atoms with E-state index in [-0.39, 0.29) is 11.7 Å². The minimum Gasteiger partial charge on any atom is -0.342 e. The van der Waals surface area contributed by atoms with Crippen LogP contribution in [0, 0.1) is 12.7 Å². The van der Waals surface area contributed by atoms with Crippen LogP contribution in [-0.4, -0.2) is 34.6 Å². The van der Waals surface area contributed by atoms with E-state index in [4.69, 9.17) is 16.6 Å². The van der Waals surface area contributed by atoms with Crippen molar-refractivity contribution < 1.29 is 9.18 Å². The van der Waals surface area contributed by atoms with Crippen molar-refractivity contribution in [2.45, 2.75) is 30.6 Å². The van der Waals surface area contributed by atoms with E-state index < -0.39 is 0 Å². The maximum absolute atomic E-state index is 13.2. The number of thioether (sulfide) groups is 1. The fourth-order valence-corrected chi connectivity index (χ4v) is 6.20. The molecule has 0 aliphatic carbocycles. The van der Waals surface area contributed by atoms with Crippen molar-refractivity contribution in [3.05, 3.63) is 67.7 Å². The number of aromatic nitrogens is 1. The van der Waals surface area contributed by atoms with Crippen molar-refractivity contribution in [3.63, 3.8) is 0 Å². The molecule has 8 heteroatoms. The lowest BCUT2D eigenvalue weighted by atomic mass is 9.97. The van der Waals surface area contributed by atoms with Crippen LogP contribution in [0.1, 0.15) is 28.6 Å². The van der Waals surface area contributed by atoms with Crippen molar-refractivity contribution in [2.75, 3.05) is 18.8 Å². The Balaban J connectivity index is 1.33. The Morgan fingerprint density at radius 3 is 2.65 bits per heavy atom. The Morgan fingerprint density at radius 2 is 1.97 bits per heavy atom. The van der Waals surface area contributed by atoms with Crippen LogP contribution in [0.2, 0.25) is 5.02 Å². The van der Waals surface area contributed by atoms with Gasteiger partial charge in [0.2, 0.25) is 5.91 Å². The predicted octanol–water partition coefficient (Wildman–Crippen LogP) is 7.17. The molecule has 0 radical (unpaired) electrons. The van der Waals surface area contributed by atoms with Crippen LogP contribution >= 0.6 is 50.6 Å². The van der Waals surface area contributed by atoms with Gasteiger partial charge in [-0.05, 0) is 50.1 Å². The average Bonchev–Trinajstić information content (AvgIpc) is 3.15. The van der Waals surface area contributed by atoms with E-state index in [0.717, 1.165) is 51.6 Å². The van der Waals surface area contributed by atoms with Crippen LogP contribution in [0.15, 0.2) is 51.8 Å². The van der Waals surface area contributed by atoms with Crippen molar-refractivity contribution in [3.8, 4) is 11.3 Å². The van der Waals surface area contributed by atoms with Gasteiger partial charge in [-0.2, -0.15) is 0 Å². The molecule has 0 bridgehead atoms. The molecule has 1 amide bonds. The summed E-state index contributed by atoms with van der Waals surface area (Å²) in [4.78, 5) is 21.4. The molecule has 0 spiro atoms. The number of hydrogen-bond donors (Lipinski definition) is 0. The van der Waals surface area contributed by atoms with Gasteiger partial charge in [-0.1, -0.05) is 39.7 Å². The van der Waals surface area contributed by atoms with Gasteiger partial charge in [-0.25, -0.2) is 9.37 Å². The van der Waals surface area contributed by atoms with E-state index >= 15 is 0 Å². The van der Waals surface area contributed by atoms with E-state index in [9.17, 15) is 9.18 Å². The van der Waals surface area contributed by atoms with Gasteiger partial charge in [0.25, 0.3) is 0 Å². The summed E-state index contributed by atoms with van der Waals surface area (Å²) in [6.07, 6.45) is 1.83. The highest BCUT2D eigenvalue weighted by Crippen LogP contribution is 2.36. The van der Waals surface area contributed by atoms with Crippen LogP contribution in [0.5, 0.6) is 0 Å². The van der Waals surface area contributed by atoms with Gasteiger partial charge in [0.1, 0.15) is 5.82 Å². The first-order valence-corrected chi connectivity index (χ1v) is 13.0. The first-order chi connectivity index (χ1) is 14.9. The third-order valence-electron chi connectivity index (χ3n) is 5.37. The monoisotopic (exact) mass is 538 g/mol. The third kappa shape index (κ3) is 5.51. The molecule has 0 unspecified atom stereocenters. The molecule has 1 fully saturated rings. The Hall–Kier alpha value is -1.41. The fraction of sp³-hybridized carbons (Fsp3) is 0.304. The molecule has 162 valence electrons. The van der Waals surface area contributed by atoms with Gasteiger partial charge in [0.05, 0.1) is 21.5 Å². The summed E-state index contributed by atoms with van der Waals surface area (Å²) < 4.78 is 14.2. The van der Waals surface area contributed by atoms with E-state index in [0.29, 0.717) is 16.7 Å². The van der Waals surface area contributed by atoms with E-state index in [1.165, 1.54) is 28.8 Å². The maximum Gasteiger partial charge on any atom is 0.232 e. The summed E-state index contributed by atoms with van der Waals surface area (Å²) >= 11 is 12.7. The number of carbonyl (C=O) groups excluding carboxylic acids is 1. The molecule has 3 nitrogen and oxygen atoms in total. The van der Waals surface area contributed by atoms with Gasteiger partial charge >= 0.3 is 0 Å². The predicted molar refractivity (Wildman–Crippen MR) is 131 cm³/mol. The normalized spacial score (nSPS) is 14.8. The standard InChI is InChI=1S/C23H21BrClFN2OS2/c1-14-22(15-2-4-17(24)5-3-15)27-23(31-14)16-8-10-28(11-9-16)21(29)13-30-20-7-6-18(26)12-19(20)25/h2-7,12,16H,8-11,13H2,1H3. The average molecular weight is 540 g/mol. The summed E-state index contributed by atoms with van der Waals surface area (Å²) in [5.41, 5.74) is 2.19. The van der Waals surface area contributed by atoms with Crippen molar-refractivity contribution >= 4 is 56.5 Å². The molecule has 2 heterocycles. The maximum atomic E-state index is 13.2. The van der Waals surface area contributed by atoms with E-state index in [1.807, 2.05) is 17.0 Å². The number of thiazole rings is 1. The van der Waals surface area contributed by atoms with Crippen LogP contribution in [0.4, 0.5) is 4.39 Å². The van der Waals surface area contributed by atoms with Crippen LogP contribution in [0.3, 0.4) is 0 Å². The van der Waals surface area contributed by atoms with Crippen LogP contribution in [0.25, 0.3) is 11.3 Å². The van der Waals surface area contributed by atoms with Gasteiger partial charge in [-0.15, -0.1) is 23.1 Å². The quantitative estimate of drug-likeness (QED) is 0.322. The molecule has 1 saturated heterocycles. The zero-order valence-corrected chi connectivity index (χ0v) is 20.9. The first-order valence-electron chi connectivity index (χ1n) is 9.99. The van der Waals surface area contributed by atoms with Gasteiger partial charge in [0, 0.05) is 38.8 Å². The van der Waals surface area contributed by atoms with Gasteiger partial charge < -0.3 is 4.90 Å². The Bertz CT molecular complexity index is 1080. The fourth-order valence-electron chi connectivity index (χ4n) is 3.67. The van der Waals surface area contributed by atoms with Crippen molar-refractivity contribution in [2.24, 2.45) is 0 Å². The van der Waals surface area contributed by atoms with Crippen molar-refractivity contribution in [1.29, 1.82) is 0 Å². The molecular weight excluding hydrogens is 519 g/mol. The third-order valence-corrected chi connectivity index (χ3v) is 8.52. The number of hydrogen-bond acceptors (Lipinski definition) is 4. The molecule has 4 rings (SSSR count). The molecule has 0 atom stereocenters.